The van der Waals surface area contributed by atoms with Crippen LogP contribution in [0.1, 0.15) is 0 Å². The highest BCUT2D eigenvalue weighted by Crippen LogP contribution is 2.16. The first-order valence-corrected chi connectivity index (χ1v) is 5.51. The zero-order valence-electron chi connectivity index (χ0n) is 7.86. The summed E-state index contributed by atoms with van der Waals surface area (Å²) in [7, 11) is 1.64. The maximum Gasteiger partial charge on any atom is 0.232 e. The largest absolute Gasteiger partial charge is 0.383 e. The van der Waals surface area contributed by atoms with Gasteiger partial charge in [-0.05, 0) is 0 Å². The van der Waals surface area contributed by atoms with E-state index < -0.39 is 0 Å². The minimum atomic E-state index is 0.184. The Kier molecular flexibility index (Phi) is 4.55. The number of methoxy groups -OCH3 is 1. The Morgan fingerprint density at radius 3 is 3.15 bits per heavy atom. The summed E-state index contributed by atoms with van der Waals surface area (Å²) in [5, 5.41) is 0. The van der Waals surface area contributed by atoms with Gasteiger partial charge in [0.2, 0.25) is 5.91 Å². The molecule has 76 valence electrons. The Balaban J connectivity index is 2.46. The number of carbonyl (C=O) groups is 1. The third-order valence-electron chi connectivity index (χ3n) is 2.11. The zero-order valence-corrected chi connectivity index (χ0v) is 8.68. The summed E-state index contributed by atoms with van der Waals surface area (Å²) in [6.07, 6.45) is 0. The van der Waals surface area contributed by atoms with Gasteiger partial charge >= 0.3 is 0 Å². The standard InChI is InChI=1S/C8H16N2O2S/c1-12-3-2-10-7(4-9)5-13-6-8(10)11/h7H,2-6,9H2,1H3. The minimum absolute atomic E-state index is 0.184. The molecular formula is C8H16N2O2S. The molecule has 0 spiro atoms. The molecule has 0 aromatic carbocycles. The molecule has 1 heterocycles. The van der Waals surface area contributed by atoms with Crippen molar-refractivity contribution in [2.75, 3.05) is 38.3 Å². The van der Waals surface area contributed by atoms with Crippen molar-refractivity contribution < 1.29 is 9.53 Å². The van der Waals surface area contributed by atoms with Crippen LogP contribution >= 0.6 is 11.8 Å². The first kappa shape index (κ1) is 10.8. The van der Waals surface area contributed by atoms with E-state index in [1.54, 1.807) is 18.9 Å². The van der Waals surface area contributed by atoms with Crippen LogP contribution in [0.3, 0.4) is 0 Å². The van der Waals surface area contributed by atoms with E-state index in [2.05, 4.69) is 0 Å². The second-order valence-corrected chi connectivity index (χ2v) is 4.01. The summed E-state index contributed by atoms with van der Waals surface area (Å²) in [5.41, 5.74) is 5.58. The maximum absolute atomic E-state index is 11.5. The summed E-state index contributed by atoms with van der Waals surface area (Å²) in [5.74, 6) is 1.72. The fourth-order valence-corrected chi connectivity index (χ4v) is 2.40. The van der Waals surface area contributed by atoms with E-state index in [4.69, 9.17) is 10.5 Å². The molecule has 0 bridgehead atoms. The van der Waals surface area contributed by atoms with Gasteiger partial charge in [-0.25, -0.2) is 0 Å². The first-order valence-electron chi connectivity index (χ1n) is 4.35. The fourth-order valence-electron chi connectivity index (χ4n) is 1.35. The first-order chi connectivity index (χ1) is 6.29. The van der Waals surface area contributed by atoms with Crippen LogP contribution in [-0.2, 0) is 9.53 Å². The Labute approximate surface area is 82.8 Å². The van der Waals surface area contributed by atoms with Gasteiger partial charge in [0.1, 0.15) is 0 Å². The van der Waals surface area contributed by atoms with Gasteiger partial charge in [0.15, 0.2) is 0 Å². The molecule has 1 atom stereocenters. The highest BCUT2D eigenvalue weighted by molar-refractivity contribution is 8.00. The third kappa shape index (κ3) is 2.86. The normalized spacial score (nSPS) is 23.7. The Bertz CT molecular complexity index is 178. The Morgan fingerprint density at radius 2 is 2.54 bits per heavy atom. The number of amides is 1. The SMILES string of the molecule is COCCN1C(=O)CSCC1CN. The van der Waals surface area contributed by atoms with Gasteiger partial charge in [-0.1, -0.05) is 0 Å². The van der Waals surface area contributed by atoms with E-state index in [9.17, 15) is 4.79 Å². The van der Waals surface area contributed by atoms with E-state index in [-0.39, 0.29) is 11.9 Å². The van der Waals surface area contributed by atoms with Crippen LogP contribution in [0, 0.1) is 0 Å². The second kappa shape index (κ2) is 5.47. The number of carbonyl (C=O) groups excluding carboxylic acids is 1. The molecule has 0 radical (unpaired) electrons. The molecule has 0 aromatic heterocycles. The topological polar surface area (TPSA) is 55.6 Å². The molecule has 1 saturated heterocycles. The van der Waals surface area contributed by atoms with E-state index in [0.29, 0.717) is 25.4 Å². The minimum Gasteiger partial charge on any atom is -0.383 e. The molecule has 13 heavy (non-hydrogen) atoms. The van der Waals surface area contributed by atoms with Crippen LogP contribution in [0.25, 0.3) is 0 Å². The Morgan fingerprint density at radius 1 is 1.77 bits per heavy atom. The van der Waals surface area contributed by atoms with E-state index in [1.807, 2.05) is 4.90 Å². The van der Waals surface area contributed by atoms with Crippen molar-refractivity contribution in [2.45, 2.75) is 6.04 Å². The number of rotatable bonds is 4. The number of ether oxygens (including phenoxy) is 1. The average molecular weight is 204 g/mol. The van der Waals surface area contributed by atoms with E-state index in [1.165, 1.54) is 0 Å². The molecule has 1 unspecified atom stereocenters. The van der Waals surface area contributed by atoms with Crippen LogP contribution in [0.4, 0.5) is 0 Å². The maximum atomic E-state index is 11.5. The monoisotopic (exact) mass is 204 g/mol. The molecule has 1 fully saturated rings. The lowest BCUT2D eigenvalue weighted by molar-refractivity contribution is -0.131. The lowest BCUT2D eigenvalue weighted by Gasteiger charge is -2.34. The predicted octanol–water partition coefficient (Wildman–Crippen LogP) is -0.464. The van der Waals surface area contributed by atoms with Gasteiger partial charge in [-0.3, -0.25) is 4.79 Å². The van der Waals surface area contributed by atoms with Crippen molar-refractivity contribution in [1.82, 2.24) is 4.90 Å². The van der Waals surface area contributed by atoms with Gasteiger partial charge in [-0.2, -0.15) is 0 Å². The van der Waals surface area contributed by atoms with E-state index in [0.717, 1.165) is 5.75 Å². The number of nitrogens with zero attached hydrogens (tertiary/aromatic N) is 1. The second-order valence-electron chi connectivity index (χ2n) is 2.98. The van der Waals surface area contributed by atoms with Crippen molar-refractivity contribution in [3.63, 3.8) is 0 Å². The number of hydrogen-bond acceptors (Lipinski definition) is 4. The summed E-state index contributed by atoms with van der Waals surface area (Å²) in [6, 6.07) is 0.196. The molecule has 5 heteroatoms. The van der Waals surface area contributed by atoms with Crippen molar-refractivity contribution >= 4 is 17.7 Å². The van der Waals surface area contributed by atoms with Crippen LogP contribution in [0.5, 0.6) is 0 Å². The third-order valence-corrected chi connectivity index (χ3v) is 3.18. The molecule has 0 saturated carbocycles. The summed E-state index contributed by atoms with van der Waals surface area (Å²) < 4.78 is 4.94. The van der Waals surface area contributed by atoms with Crippen molar-refractivity contribution in [3.8, 4) is 0 Å². The molecule has 0 aromatic rings. The fraction of sp³-hybridized carbons (Fsp3) is 0.875. The molecule has 1 aliphatic heterocycles. The molecule has 2 N–H and O–H groups in total. The number of hydrogen-bond donors (Lipinski definition) is 1. The highest BCUT2D eigenvalue weighted by atomic mass is 32.2. The number of thioether (sulfide) groups is 1. The quantitative estimate of drug-likeness (QED) is 0.673. The zero-order chi connectivity index (χ0) is 9.68. The molecular weight excluding hydrogens is 188 g/mol. The lowest BCUT2D eigenvalue weighted by atomic mass is 10.2. The molecule has 1 aliphatic rings. The highest BCUT2D eigenvalue weighted by Gasteiger charge is 2.26. The molecule has 4 nitrogen and oxygen atoms in total. The van der Waals surface area contributed by atoms with Gasteiger partial charge in [0, 0.05) is 26.0 Å². The summed E-state index contributed by atoms with van der Waals surface area (Å²) in [6.45, 7) is 1.80. The van der Waals surface area contributed by atoms with Crippen LogP contribution in [0.2, 0.25) is 0 Å². The van der Waals surface area contributed by atoms with Crippen LogP contribution < -0.4 is 5.73 Å². The van der Waals surface area contributed by atoms with Crippen molar-refractivity contribution in [2.24, 2.45) is 5.73 Å². The van der Waals surface area contributed by atoms with Gasteiger partial charge < -0.3 is 15.4 Å². The molecule has 0 aliphatic carbocycles. The van der Waals surface area contributed by atoms with Crippen molar-refractivity contribution in [3.05, 3.63) is 0 Å². The van der Waals surface area contributed by atoms with Crippen molar-refractivity contribution in [1.29, 1.82) is 0 Å². The van der Waals surface area contributed by atoms with Gasteiger partial charge in [-0.15, -0.1) is 11.8 Å². The van der Waals surface area contributed by atoms with Gasteiger partial charge in [0.05, 0.1) is 18.4 Å². The Hall–Kier alpha value is -0.260. The lowest BCUT2D eigenvalue weighted by Crippen LogP contribution is -2.51. The van der Waals surface area contributed by atoms with E-state index >= 15 is 0 Å². The summed E-state index contributed by atoms with van der Waals surface area (Å²) >= 11 is 1.66. The molecule has 1 rings (SSSR count). The van der Waals surface area contributed by atoms with Crippen LogP contribution in [0.15, 0.2) is 0 Å². The predicted molar refractivity (Wildman–Crippen MR) is 53.8 cm³/mol. The van der Waals surface area contributed by atoms with Crippen LogP contribution in [-0.4, -0.2) is 55.2 Å². The summed E-state index contributed by atoms with van der Waals surface area (Å²) in [4.78, 5) is 13.3. The van der Waals surface area contributed by atoms with Gasteiger partial charge in [0.25, 0.3) is 0 Å². The average Bonchev–Trinajstić information content (AvgIpc) is 2.15. The number of nitrogens with two attached hydrogens (primary N) is 1. The smallest absolute Gasteiger partial charge is 0.232 e. The molecule has 1 amide bonds.